The molecule has 0 aromatic carbocycles. The SMILES string of the molecule is CCN(CC)c1nc(C)c(F)c(Cl)n1. The summed E-state index contributed by atoms with van der Waals surface area (Å²) in [6, 6.07) is 0. The summed E-state index contributed by atoms with van der Waals surface area (Å²) in [4.78, 5) is 9.83. The standard InChI is InChI=1S/C9H13ClFN3/c1-4-14(5-2)9-12-6(3)7(11)8(10)13-9/h4-5H2,1-3H3. The third kappa shape index (κ3) is 2.12. The summed E-state index contributed by atoms with van der Waals surface area (Å²) in [6.45, 7) is 7.10. The Morgan fingerprint density at radius 3 is 2.29 bits per heavy atom. The van der Waals surface area contributed by atoms with Crippen molar-refractivity contribution in [1.82, 2.24) is 9.97 Å². The zero-order valence-corrected chi connectivity index (χ0v) is 9.27. The summed E-state index contributed by atoms with van der Waals surface area (Å²) in [5.41, 5.74) is 0.284. The molecule has 0 amide bonds. The van der Waals surface area contributed by atoms with Crippen LogP contribution in [0.2, 0.25) is 5.15 Å². The lowest BCUT2D eigenvalue weighted by Crippen LogP contribution is -2.24. The van der Waals surface area contributed by atoms with Crippen LogP contribution in [0.1, 0.15) is 19.5 Å². The lowest BCUT2D eigenvalue weighted by Gasteiger charge is -2.18. The largest absolute Gasteiger partial charge is 0.341 e. The maximum atomic E-state index is 13.1. The van der Waals surface area contributed by atoms with Gasteiger partial charge in [0.2, 0.25) is 5.95 Å². The quantitative estimate of drug-likeness (QED) is 0.729. The van der Waals surface area contributed by atoms with Crippen molar-refractivity contribution in [3.05, 3.63) is 16.7 Å². The van der Waals surface area contributed by atoms with Crippen molar-refractivity contribution in [2.75, 3.05) is 18.0 Å². The van der Waals surface area contributed by atoms with E-state index >= 15 is 0 Å². The lowest BCUT2D eigenvalue weighted by molar-refractivity contribution is 0.600. The van der Waals surface area contributed by atoms with Crippen LogP contribution in [0.5, 0.6) is 0 Å². The smallest absolute Gasteiger partial charge is 0.227 e. The number of rotatable bonds is 3. The molecule has 0 saturated carbocycles. The fourth-order valence-corrected chi connectivity index (χ4v) is 1.37. The number of hydrogen-bond acceptors (Lipinski definition) is 3. The van der Waals surface area contributed by atoms with Crippen LogP contribution in [-0.2, 0) is 0 Å². The Balaban J connectivity index is 3.11. The minimum Gasteiger partial charge on any atom is -0.341 e. The Morgan fingerprint density at radius 2 is 1.86 bits per heavy atom. The summed E-state index contributed by atoms with van der Waals surface area (Å²) >= 11 is 5.62. The minimum atomic E-state index is -0.539. The van der Waals surface area contributed by atoms with Gasteiger partial charge in [0.25, 0.3) is 0 Å². The first-order chi connectivity index (χ1) is 6.60. The molecule has 0 bridgehead atoms. The molecule has 0 unspecified atom stereocenters. The molecule has 14 heavy (non-hydrogen) atoms. The Morgan fingerprint density at radius 1 is 1.29 bits per heavy atom. The fraction of sp³-hybridized carbons (Fsp3) is 0.556. The average Bonchev–Trinajstić information content (AvgIpc) is 2.16. The molecule has 3 nitrogen and oxygen atoms in total. The topological polar surface area (TPSA) is 29.0 Å². The summed E-state index contributed by atoms with van der Waals surface area (Å²) in [5, 5.41) is -0.112. The summed E-state index contributed by atoms with van der Waals surface area (Å²) < 4.78 is 13.1. The van der Waals surface area contributed by atoms with Gasteiger partial charge in [0.1, 0.15) is 0 Å². The van der Waals surface area contributed by atoms with Crippen LogP contribution in [0.25, 0.3) is 0 Å². The average molecular weight is 218 g/mol. The highest BCUT2D eigenvalue weighted by atomic mass is 35.5. The second kappa shape index (κ2) is 4.55. The van der Waals surface area contributed by atoms with Crippen molar-refractivity contribution in [2.24, 2.45) is 0 Å². The Bertz CT molecular complexity index is 303. The van der Waals surface area contributed by atoms with Gasteiger partial charge >= 0.3 is 0 Å². The van der Waals surface area contributed by atoms with Crippen LogP contribution in [0.3, 0.4) is 0 Å². The maximum Gasteiger partial charge on any atom is 0.227 e. The van der Waals surface area contributed by atoms with Crippen molar-refractivity contribution in [2.45, 2.75) is 20.8 Å². The van der Waals surface area contributed by atoms with Gasteiger partial charge in [-0.1, -0.05) is 11.6 Å². The van der Waals surface area contributed by atoms with E-state index in [1.54, 1.807) is 6.92 Å². The molecule has 0 aliphatic carbocycles. The van der Waals surface area contributed by atoms with Gasteiger partial charge in [-0.25, -0.2) is 9.37 Å². The second-order valence-electron chi connectivity index (χ2n) is 2.89. The normalized spacial score (nSPS) is 10.4. The van der Waals surface area contributed by atoms with Crippen LogP contribution >= 0.6 is 11.6 Å². The highest BCUT2D eigenvalue weighted by molar-refractivity contribution is 6.29. The molecule has 1 aromatic heterocycles. The van der Waals surface area contributed by atoms with Gasteiger partial charge in [0, 0.05) is 13.1 Å². The molecule has 1 aromatic rings. The van der Waals surface area contributed by atoms with E-state index < -0.39 is 5.82 Å². The van der Waals surface area contributed by atoms with E-state index in [0.29, 0.717) is 5.95 Å². The summed E-state index contributed by atoms with van der Waals surface area (Å²) in [6.07, 6.45) is 0. The van der Waals surface area contributed by atoms with Gasteiger partial charge in [-0.15, -0.1) is 0 Å². The third-order valence-electron chi connectivity index (χ3n) is 2.01. The molecular weight excluding hydrogens is 205 g/mol. The Labute approximate surface area is 87.9 Å². The van der Waals surface area contributed by atoms with Crippen molar-refractivity contribution in [3.8, 4) is 0 Å². The molecule has 78 valence electrons. The fourth-order valence-electron chi connectivity index (χ4n) is 1.16. The molecule has 1 heterocycles. The predicted octanol–water partition coefficient (Wildman–Crippen LogP) is 2.42. The molecule has 0 aliphatic heterocycles. The van der Waals surface area contributed by atoms with E-state index in [0.717, 1.165) is 13.1 Å². The number of aryl methyl sites for hydroxylation is 1. The van der Waals surface area contributed by atoms with Crippen LogP contribution in [0.15, 0.2) is 0 Å². The summed E-state index contributed by atoms with van der Waals surface area (Å²) in [5.74, 6) is -0.0542. The van der Waals surface area contributed by atoms with E-state index in [1.807, 2.05) is 18.7 Å². The van der Waals surface area contributed by atoms with E-state index in [9.17, 15) is 4.39 Å². The molecule has 0 saturated heterocycles. The summed E-state index contributed by atoms with van der Waals surface area (Å²) in [7, 11) is 0. The second-order valence-corrected chi connectivity index (χ2v) is 3.24. The van der Waals surface area contributed by atoms with Crippen LogP contribution in [0, 0.1) is 12.7 Å². The molecule has 0 spiro atoms. The van der Waals surface area contributed by atoms with E-state index in [4.69, 9.17) is 11.6 Å². The maximum absolute atomic E-state index is 13.1. The Kier molecular flexibility index (Phi) is 3.63. The first-order valence-electron chi connectivity index (χ1n) is 4.54. The van der Waals surface area contributed by atoms with Gasteiger partial charge in [0.05, 0.1) is 5.69 Å². The van der Waals surface area contributed by atoms with Gasteiger partial charge in [-0.05, 0) is 20.8 Å². The van der Waals surface area contributed by atoms with Crippen LogP contribution < -0.4 is 4.90 Å². The van der Waals surface area contributed by atoms with Crippen molar-refractivity contribution < 1.29 is 4.39 Å². The van der Waals surface area contributed by atoms with Gasteiger partial charge in [0.15, 0.2) is 11.0 Å². The first kappa shape index (κ1) is 11.2. The molecule has 1 rings (SSSR count). The van der Waals surface area contributed by atoms with Gasteiger partial charge in [-0.2, -0.15) is 4.98 Å². The lowest BCUT2D eigenvalue weighted by atomic mass is 10.4. The minimum absolute atomic E-state index is 0.112. The number of hydrogen-bond donors (Lipinski definition) is 0. The molecule has 0 fully saturated rings. The molecule has 0 N–H and O–H groups in total. The number of aromatic nitrogens is 2. The monoisotopic (exact) mass is 217 g/mol. The molecule has 0 aliphatic rings. The number of anilines is 1. The molecular formula is C9H13ClFN3. The van der Waals surface area contributed by atoms with Crippen LogP contribution in [0.4, 0.5) is 10.3 Å². The molecule has 0 radical (unpaired) electrons. The highest BCUT2D eigenvalue weighted by Crippen LogP contribution is 2.18. The van der Waals surface area contributed by atoms with Crippen molar-refractivity contribution in [3.63, 3.8) is 0 Å². The highest BCUT2D eigenvalue weighted by Gasteiger charge is 2.12. The van der Waals surface area contributed by atoms with E-state index in [2.05, 4.69) is 9.97 Å². The van der Waals surface area contributed by atoms with E-state index in [-0.39, 0.29) is 10.8 Å². The first-order valence-corrected chi connectivity index (χ1v) is 4.92. The number of halogens is 2. The zero-order chi connectivity index (χ0) is 10.7. The molecule has 0 atom stereocenters. The zero-order valence-electron chi connectivity index (χ0n) is 8.51. The Hall–Kier alpha value is -0.900. The predicted molar refractivity (Wildman–Crippen MR) is 55.3 cm³/mol. The van der Waals surface area contributed by atoms with Crippen molar-refractivity contribution in [1.29, 1.82) is 0 Å². The van der Waals surface area contributed by atoms with Gasteiger partial charge in [-0.3, -0.25) is 0 Å². The van der Waals surface area contributed by atoms with Crippen LogP contribution in [-0.4, -0.2) is 23.1 Å². The van der Waals surface area contributed by atoms with Gasteiger partial charge < -0.3 is 4.90 Å². The molecule has 5 heteroatoms. The van der Waals surface area contributed by atoms with Crippen molar-refractivity contribution >= 4 is 17.5 Å². The number of nitrogens with zero attached hydrogens (tertiary/aromatic N) is 3. The van der Waals surface area contributed by atoms with E-state index in [1.165, 1.54) is 0 Å². The third-order valence-corrected chi connectivity index (χ3v) is 2.26.